The molecule has 0 aliphatic heterocycles. The molecule has 0 atom stereocenters. The molecule has 2 aromatic heterocycles. The van der Waals surface area contributed by atoms with E-state index in [0.29, 0.717) is 35.9 Å². The molecule has 0 aliphatic rings. The Morgan fingerprint density at radius 3 is 2.38 bits per heavy atom. The minimum atomic E-state index is -1.70. The van der Waals surface area contributed by atoms with Crippen molar-refractivity contribution in [1.82, 2.24) is 14.5 Å². The minimum absolute atomic E-state index is 0.191. The van der Waals surface area contributed by atoms with Gasteiger partial charge in [0.2, 0.25) is 0 Å². The standard InChI is InChI=1S/C15H11F4N3OS/c1-23-7-6-22-9-5-3-2-4-8(9)20-15(22)24-12-10(16)13(18)21-14(19)11(12)17/h2-5H,6-7H2,1H3. The summed E-state index contributed by atoms with van der Waals surface area (Å²) in [6, 6.07) is 7.05. The average molecular weight is 357 g/mol. The van der Waals surface area contributed by atoms with Crippen molar-refractivity contribution in [3.63, 3.8) is 0 Å². The molecule has 4 nitrogen and oxygen atoms in total. The third-order valence-electron chi connectivity index (χ3n) is 3.29. The van der Waals surface area contributed by atoms with Gasteiger partial charge in [-0.1, -0.05) is 12.1 Å². The van der Waals surface area contributed by atoms with Crippen LogP contribution >= 0.6 is 11.8 Å². The second kappa shape index (κ2) is 6.78. The number of ether oxygens (including phenoxy) is 1. The number of rotatable bonds is 5. The van der Waals surface area contributed by atoms with Crippen molar-refractivity contribution in [3.8, 4) is 0 Å². The van der Waals surface area contributed by atoms with Crippen LogP contribution in [0.4, 0.5) is 17.6 Å². The molecule has 0 N–H and O–H groups in total. The summed E-state index contributed by atoms with van der Waals surface area (Å²) in [4.78, 5) is 6.00. The van der Waals surface area contributed by atoms with Gasteiger partial charge in [-0.15, -0.1) is 0 Å². The summed E-state index contributed by atoms with van der Waals surface area (Å²) in [5.74, 6) is -6.50. The molecular formula is C15H11F4N3OS. The Morgan fingerprint density at radius 1 is 1.04 bits per heavy atom. The Balaban J connectivity index is 2.11. The summed E-state index contributed by atoms with van der Waals surface area (Å²) in [5, 5.41) is 0.191. The highest BCUT2D eigenvalue weighted by Crippen LogP contribution is 2.34. The van der Waals surface area contributed by atoms with Crippen LogP contribution in [0, 0.1) is 23.5 Å². The predicted molar refractivity (Wildman–Crippen MR) is 79.8 cm³/mol. The summed E-state index contributed by atoms with van der Waals surface area (Å²) >= 11 is 0.498. The van der Waals surface area contributed by atoms with Gasteiger partial charge in [0.1, 0.15) is 0 Å². The van der Waals surface area contributed by atoms with Gasteiger partial charge >= 0.3 is 0 Å². The summed E-state index contributed by atoms with van der Waals surface area (Å²) < 4.78 is 60.9. The van der Waals surface area contributed by atoms with Crippen LogP contribution in [-0.4, -0.2) is 28.3 Å². The number of aromatic nitrogens is 3. The molecule has 0 saturated heterocycles. The topological polar surface area (TPSA) is 39.9 Å². The van der Waals surface area contributed by atoms with Crippen LogP contribution in [0.2, 0.25) is 0 Å². The van der Waals surface area contributed by atoms with Gasteiger partial charge in [-0.05, 0) is 23.9 Å². The van der Waals surface area contributed by atoms with Crippen LogP contribution in [0.3, 0.4) is 0 Å². The monoisotopic (exact) mass is 357 g/mol. The molecule has 0 spiro atoms. The third kappa shape index (κ3) is 2.96. The number of pyridine rings is 1. The quantitative estimate of drug-likeness (QED) is 0.515. The van der Waals surface area contributed by atoms with Crippen LogP contribution in [0.25, 0.3) is 11.0 Å². The first-order valence-corrected chi connectivity index (χ1v) is 7.66. The Morgan fingerprint density at radius 2 is 1.71 bits per heavy atom. The van der Waals surface area contributed by atoms with Gasteiger partial charge in [0.05, 0.1) is 22.5 Å². The molecule has 0 saturated carbocycles. The molecule has 2 heterocycles. The van der Waals surface area contributed by atoms with Crippen molar-refractivity contribution in [2.75, 3.05) is 13.7 Å². The molecule has 0 amide bonds. The number of nitrogens with zero attached hydrogens (tertiary/aromatic N) is 3. The van der Waals surface area contributed by atoms with E-state index in [9.17, 15) is 17.6 Å². The van der Waals surface area contributed by atoms with Gasteiger partial charge in [-0.2, -0.15) is 13.8 Å². The number of benzene rings is 1. The number of halogens is 4. The number of hydrogen-bond donors (Lipinski definition) is 0. The van der Waals surface area contributed by atoms with Crippen molar-refractivity contribution in [1.29, 1.82) is 0 Å². The van der Waals surface area contributed by atoms with E-state index in [1.54, 1.807) is 28.8 Å². The summed E-state index contributed by atoms with van der Waals surface area (Å²) in [6.45, 7) is 0.691. The summed E-state index contributed by atoms with van der Waals surface area (Å²) in [5.41, 5.74) is 1.31. The predicted octanol–water partition coefficient (Wildman–Crippen LogP) is 3.79. The number of para-hydroxylation sites is 2. The zero-order valence-corrected chi connectivity index (χ0v) is 13.2. The fourth-order valence-electron chi connectivity index (χ4n) is 2.18. The Labute approximate surface area is 138 Å². The van der Waals surface area contributed by atoms with Crippen LogP contribution in [0.15, 0.2) is 34.3 Å². The van der Waals surface area contributed by atoms with E-state index in [1.165, 1.54) is 7.11 Å². The summed E-state index contributed by atoms with van der Waals surface area (Å²) in [7, 11) is 1.51. The maximum absolute atomic E-state index is 13.8. The molecule has 0 bridgehead atoms. The van der Waals surface area contributed by atoms with Crippen molar-refractivity contribution >= 4 is 22.8 Å². The zero-order chi connectivity index (χ0) is 17.3. The maximum atomic E-state index is 13.8. The van der Waals surface area contributed by atoms with Crippen molar-refractivity contribution in [3.05, 3.63) is 47.8 Å². The molecule has 3 aromatic rings. The van der Waals surface area contributed by atoms with E-state index in [4.69, 9.17) is 4.74 Å². The number of fused-ring (bicyclic) bond motifs is 1. The lowest BCUT2D eigenvalue weighted by molar-refractivity contribution is 0.186. The van der Waals surface area contributed by atoms with E-state index in [0.717, 1.165) is 0 Å². The number of imidazole rings is 1. The minimum Gasteiger partial charge on any atom is -0.383 e. The van der Waals surface area contributed by atoms with Crippen molar-refractivity contribution < 1.29 is 22.3 Å². The van der Waals surface area contributed by atoms with Crippen molar-refractivity contribution in [2.45, 2.75) is 16.6 Å². The van der Waals surface area contributed by atoms with Gasteiger partial charge in [0.15, 0.2) is 16.8 Å². The first-order chi connectivity index (χ1) is 11.5. The molecular weight excluding hydrogens is 346 g/mol. The third-order valence-corrected chi connectivity index (χ3v) is 4.35. The highest BCUT2D eigenvalue weighted by Gasteiger charge is 2.24. The fourth-order valence-corrected chi connectivity index (χ4v) is 3.15. The van der Waals surface area contributed by atoms with E-state index < -0.39 is 28.4 Å². The average Bonchev–Trinajstić information content (AvgIpc) is 2.92. The Bertz CT molecular complexity index is 874. The molecule has 3 rings (SSSR count). The molecule has 0 aliphatic carbocycles. The van der Waals surface area contributed by atoms with Gasteiger partial charge in [0.25, 0.3) is 11.9 Å². The SMILES string of the molecule is COCCn1c(Sc2c(F)c(F)nc(F)c2F)nc2ccccc21. The maximum Gasteiger partial charge on any atom is 0.252 e. The Kier molecular flexibility index (Phi) is 4.72. The van der Waals surface area contributed by atoms with Crippen molar-refractivity contribution in [2.24, 2.45) is 0 Å². The molecule has 9 heteroatoms. The fraction of sp³-hybridized carbons (Fsp3) is 0.200. The largest absolute Gasteiger partial charge is 0.383 e. The normalized spacial score (nSPS) is 11.4. The highest BCUT2D eigenvalue weighted by molar-refractivity contribution is 7.99. The van der Waals surface area contributed by atoms with E-state index >= 15 is 0 Å². The first-order valence-electron chi connectivity index (χ1n) is 6.85. The van der Waals surface area contributed by atoms with Crippen LogP contribution < -0.4 is 0 Å². The van der Waals surface area contributed by atoms with Gasteiger partial charge in [-0.25, -0.2) is 13.8 Å². The summed E-state index contributed by atoms with van der Waals surface area (Å²) in [6.07, 6.45) is 0. The first kappa shape index (κ1) is 16.7. The molecule has 24 heavy (non-hydrogen) atoms. The lowest BCUT2D eigenvalue weighted by Crippen LogP contribution is -2.07. The lowest BCUT2D eigenvalue weighted by Gasteiger charge is -2.09. The second-order valence-electron chi connectivity index (χ2n) is 4.78. The number of methoxy groups -OCH3 is 1. The second-order valence-corrected chi connectivity index (χ2v) is 5.76. The molecule has 0 radical (unpaired) electrons. The van der Waals surface area contributed by atoms with E-state index in [1.807, 2.05) is 0 Å². The van der Waals surface area contributed by atoms with Crippen LogP contribution in [0.5, 0.6) is 0 Å². The van der Waals surface area contributed by atoms with Crippen LogP contribution in [-0.2, 0) is 11.3 Å². The molecule has 0 fully saturated rings. The van der Waals surface area contributed by atoms with E-state index in [-0.39, 0.29) is 5.16 Å². The van der Waals surface area contributed by atoms with Gasteiger partial charge in [0, 0.05) is 13.7 Å². The lowest BCUT2D eigenvalue weighted by atomic mass is 10.3. The van der Waals surface area contributed by atoms with Gasteiger partial charge < -0.3 is 9.30 Å². The zero-order valence-electron chi connectivity index (χ0n) is 12.4. The van der Waals surface area contributed by atoms with E-state index in [2.05, 4.69) is 9.97 Å². The molecule has 1 aromatic carbocycles. The molecule has 0 unspecified atom stereocenters. The Hall–Kier alpha value is -2.13. The smallest absolute Gasteiger partial charge is 0.252 e. The van der Waals surface area contributed by atoms with Gasteiger partial charge in [-0.3, -0.25) is 0 Å². The number of hydrogen-bond acceptors (Lipinski definition) is 4. The molecule has 126 valence electrons. The highest BCUT2D eigenvalue weighted by atomic mass is 32.2. The van der Waals surface area contributed by atoms with Crippen LogP contribution in [0.1, 0.15) is 0 Å².